The third kappa shape index (κ3) is 5.14. The predicted molar refractivity (Wildman–Crippen MR) is 72.4 cm³/mol. The summed E-state index contributed by atoms with van der Waals surface area (Å²) in [5.41, 5.74) is 3.59. The third-order valence-corrected chi connectivity index (χ3v) is 2.77. The maximum atomic E-state index is 11.9. The van der Waals surface area contributed by atoms with Gasteiger partial charge in [0.2, 0.25) is 0 Å². The maximum absolute atomic E-state index is 11.9. The minimum absolute atomic E-state index is 0.276. The first-order valence-electron chi connectivity index (χ1n) is 6.33. The van der Waals surface area contributed by atoms with Gasteiger partial charge >= 0.3 is 0 Å². The molecule has 94 valence electrons. The minimum atomic E-state index is 0.276. The van der Waals surface area contributed by atoms with Gasteiger partial charge < -0.3 is 5.32 Å². The van der Waals surface area contributed by atoms with Crippen molar-refractivity contribution in [3.05, 3.63) is 34.9 Å². The topological polar surface area (TPSA) is 29.1 Å². The molecule has 17 heavy (non-hydrogen) atoms. The Bertz CT molecular complexity index is 364. The molecule has 0 spiro atoms. The zero-order chi connectivity index (χ0) is 12.8. The second-order valence-electron chi connectivity index (χ2n) is 4.87. The Morgan fingerprint density at radius 2 is 1.82 bits per heavy atom. The minimum Gasteiger partial charge on any atom is -0.314 e. The van der Waals surface area contributed by atoms with Gasteiger partial charge in [0, 0.05) is 18.9 Å². The summed E-state index contributed by atoms with van der Waals surface area (Å²) < 4.78 is 0. The standard InChI is InChI=1S/C15H23NO/c1-5-16-13(4)9-15(17)10-14-7-11(2)6-12(3)8-14/h6-8,13,16H,5,9-10H2,1-4H3. The SMILES string of the molecule is CCNC(C)CC(=O)Cc1cc(C)cc(C)c1. The molecule has 0 saturated carbocycles. The molecule has 0 aliphatic heterocycles. The van der Waals surface area contributed by atoms with E-state index in [1.807, 2.05) is 0 Å². The molecule has 0 amide bonds. The van der Waals surface area contributed by atoms with Gasteiger partial charge in [-0.15, -0.1) is 0 Å². The monoisotopic (exact) mass is 233 g/mol. The Hall–Kier alpha value is -1.15. The highest BCUT2D eigenvalue weighted by Crippen LogP contribution is 2.10. The molecule has 1 aromatic carbocycles. The van der Waals surface area contributed by atoms with Crippen LogP contribution in [-0.4, -0.2) is 18.4 Å². The van der Waals surface area contributed by atoms with Crippen molar-refractivity contribution in [3.8, 4) is 0 Å². The van der Waals surface area contributed by atoms with Crippen LogP contribution in [-0.2, 0) is 11.2 Å². The Morgan fingerprint density at radius 3 is 2.35 bits per heavy atom. The van der Waals surface area contributed by atoms with Crippen molar-refractivity contribution in [1.82, 2.24) is 5.32 Å². The summed E-state index contributed by atoms with van der Waals surface area (Å²) >= 11 is 0. The van der Waals surface area contributed by atoms with Gasteiger partial charge in [-0.2, -0.15) is 0 Å². The molecule has 0 heterocycles. The van der Waals surface area contributed by atoms with Gasteiger partial charge in [-0.05, 0) is 32.9 Å². The molecule has 0 aliphatic carbocycles. The summed E-state index contributed by atoms with van der Waals surface area (Å²) in [4.78, 5) is 11.9. The third-order valence-electron chi connectivity index (χ3n) is 2.77. The van der Waals surface area contributed by atoms with E-state index in [4.69, 9.17) is 0 Å². The van der Waals surface area contributed by atoms with Crippen LogP contribution in [0.2, 0.25) is 0 Å². The van der Waals surface area contributed by atoms with E-state index < -0.39 is 0 Å². The van der Waals surface area contributed by atoms with Gasteiger partial charge in [0.1, 0.15) is 5.78 Å². The normalized spacial score (nSPS) is 12.5. The number of benzene rings is 1. The molecule has 2 nitrogen and oxygen atoms in total. The molecule has 0 bridgehead atoms. The van der Waals surface area contributed by atoms with E-state index in [1.54, 1.807) is 0 Å². The van der Waals surface area contributed by atoms with Crippen LogP contribution in [0.5, 0.6) is 0 Å². The molecule has 0 aliphatic rings. The van der Waals surface area contributed by atoms with Crippen LogP contribution in [0.15, 0.2) is 18.2 Å². The van der Waals surface area contributed by atoms with Crippen LogP contribution in [0.25, 0.3) is 0 Å². The second-order valence-corrected chi connectivity index (χ2v) is 4.87. The zero-order valence-electron chi connectivity index (χ0n) is 11.3. The fraction of sp³-hybridized carbons (Fsp3) is 0.533. The van der Waals surface area contributed by atoms with Crippen molar-refractivity contribution >= 4 is 5.78 Å². The summed E-state index contributed by atoms with van der Waals surface area (Å²) in [5, 5.41) is 3.26. The van der Waals surface area contributed by atoms with Crippen LogP contribution >= 0.6 is 0 Å². The highest BCUT2D eigenvalue weighted by Gasteiger charge is 2.09. The molecule has 1 rings (SSSR count). The van der Waals surface area contributed by atoms with Crippen molar-refractivity contribution in [2.45, 2.75) is 46.6 Å². The van der Waals surface area contributed by atoms with Gasteiger partial charge in [0.05, 0.1) is 0 Å². The molecule has 0 saturated heterocycles. The number of rotatable bonds is 6. The first kappa shape index (κ1) is 13.9. The lowest BCUT2D eigenvalue weighted by molar-refractivity contribution is -0.118. The Balaban J connectivity index is 2.56. The maximum Gasteiger partial charge on any atom is 0.138 e. The molecular weight excluding hydrogens is 210 g/mol. The Kier molecular flexibility index (Phi) is 5.36. The smallest absolute Gasteiger partial charge is 0.138 e. The highest BCUT2D eigenvalue weighted by atomic mass is 16.1. The van der Waals surface area contributed by atoms with E-state index in [2.05, 4.69) is 51.2 Å². The van der Waals surface area contributed by atoms with E-state index in [0.717, 1.165) is 12.1 Å². The molecular formula is C15H23NO. The fourth-order valence-corrected chi connectivity index (χ4v) is 2.23. The Morgan fingerprint density at radius 1 is 1.24 bits per heavy atom. The summed E-state index contributed by atoms with van der Waals surface area (Å²) in [6.45, 7) is 9.18. The second kappa shape index (κ2) is 6.55. The summed E-state index contributed by atoms with van der Waals surface area (Å²) in [6, 6.07) is 6.61. The lowest BCUT2D eigenvalue weighted by atomic mass is 10.0. The summed E-state index contributed by atoms with van der Waals surface area (Å²) in [6.07, 6.45) is 1.17. The van der Waals surface area contributed by atoms with E-state index in [0.29, 0.717) is 18.6 Å². The molecule has 1 aromatic rings. The number of ketones is 1. The summed E-state index contributed by atoms with van der Waals surface area (Å²) in [7, 11) is 0. The van der Waals surface area contributed by atoms with Crippen LogP contribution in [0.4, 0.5) is 0 Å². The van der Waals surface area contributed by atoms with Crippen molar-refractivity contribution < 1.29 is 4.79 Å². The zero-order valence-corrected chi connectivity index (χ0v) is 11.3. The van der Waals surface area contributed by atoms with Crippen molar-refractivity contribution in [3.63, 3.8) is 0 Å². The predicted octanol–water partition coefficient (Wildman–Crippen LogP) is 2.80. The first-order chi connectivity index (χ1) is 8.01. The molecule has 1 atom stereocenters. The molecule has 0 fully saturated rings. The van der Waals surface area contributed by atoms with Crippen molar-refractivity contribution in [1.29, 1.82) is 0 Å². The highest BCUT2D eigenvalue weighted by molar-refractivity contribution is 5.81. The molecule has 2 heteroatoms. The van der Waals surface area contributed by atoms with E-state index in [-0.39, 0.29) is 6.04 Å². The number of aryl methyl sites for hydroxylation is 2. The van der Waals surface area contributed by atoms with Crippen LogP contribution < -0.4 is 5.32 Å². The van der Waals surface area contributed by atoms with Crippen molar-refractivity contribution in [2.24, 2.45) is 0 Å². The average Bonchev–Trinajstić information content (AvgIpc) is 2.14. The van der Waals surface area contributed by atoms with Gasteiger partial charge in [0.25, 0.3) is 0 Å². The largest absolute Gasteiger partial charge is 0.314 e. The van der Waals surface area contributed by atoms with E-state index >= 15 is 0 Å². The van der Waals surface area contributed by atoms with Crippen LogP contribution in [0.3, 0.4) is 0 Å². The fourth-order valence-electron chi connectivity index (χ4n) is 2.23. The van der Waals surface area contributed by atoms with Crippen LogP contribution in [0, 0.1) is 13.8 Å². The first-order valence-corrected chi connectivity index (χ1v) is 6.33. The molecule has 1 N–H and O–H groups in total. The number of hydrogen-bond donors (Lipinski definition) is 1. The summed E-state index contributed by atoms with van der Waals surface area (Å²) in [5.74, 6) is 0.309. The average molecular weight is 233 g/mol. The van der Waals surface area contributed by atoms with E-state index in [9.17, 15) is 4.79 Å². The van der Waals surface area contributed by atoms with Gasteiger partial charge in [-0.25, -0.2) is 0 Å². The van der Waals surface area contributed by atoms with E-state index in [1.165, 1.54) is 11.1 Å². The number of carbonyl (C=O) groups excluding carboxylic acids is 1. The molecule has 1 unspecified atom stereocenters. The van der Waals surface area contributed by atoms with Crippen molar-refractivity contribution in [2.75, 3.05) is 6.54 Å². The molecule has 0 radical (unpaired) electrons. The number of Topliss-reactive ketones (excluding diaryl/α,β-unsaturated/α-hetero) is 1. The van der Waals surface area contributed by atoms with Gasteiger partial charge in [0.15, 0.2) is 0 Å². The number of carbonyl (C=O) groups is 1. The molecule has 0 aromatic heterocycles. The Labute approximate surface area is 104 Å². The number of hydrogen-bond acceptors (Lipinski definition) is 2. The lowest BCUT2D eigenvalue weighted by Crippen LogP contribution is -2.28. The quantitative estimate of drug-likeness (QED) is 0.818. The lowest BCUT2D eigenvalue weighted by Gasteiger charge is -2.11. The number of nitrogens with one attached hydrogen (secondary N) is 1. The van der Waals surface area contributed by atoms with Gasteiger partial charge in [-0.3, -0.25) is 4.79 Å². The van der Waals surface area contributed by atoms with Crippen LogP contribution in [0.1, 0.15) is 37.0 Å². The van der Waals surface area contributed by atoms with Gasteiger partial charge in [-0.1, -0.05) is 36.2 Å².